The molecule has 0 aromatic heterocycles. The van der Waals surface area contributed by atoms with E-state index in [1.165, 1.54) is 18.2 Å². The first-order chi connectivity index (χ1) is 8.87. The summed E-state index contributed by atoms with van der Waals surface area (Å²) in [6.45, 7) is 2.00. The zero-order valence-corrected chi connectivity index (χ0v) is 10.3. The average Bonchev–Trinajstić information content (AvgIpc) is 3.03. The van der Waals surface area contributed by atoms with Crippen molar-refractivity contribution in [2.24, 2.45) is 11.8 Å². The Hall–Kier alpha value is -1.72. The van der Waals surface area contributed by atoms with Gasteiger partial charge in [-0.15, -0.1) is 13.2 Å². The molecule has 1 N–H and O–H groups in total. The largest absolute Gasteiger partial charge is 0.573 e. The smallest absolute Gasteiger partial charge is 0.405 e. The Morgan fingerprint density at radius 1 is 1.42 bits per heavy atom. The van der Waals surface area contributed by atoms with Crippen LogP contribution in [0.15, 0.2) is 24.3 Å². The second-order valence-corrected chi connectivity index (χ2v) is 4.69. The van der Waals surface area contributed by atoms with E-state index in [-0.39, 0.29) is 24.1 Å². The Morgan fingerprint density at radius 2 is 2.05 bits per heavy atom. The molecule has 1 fully saturated rings. The first-order valence-electron chi connectivity index (χ1n) is 5.98. The molecule has 1 aliphatic rings. The molecule has 0 aliphatic heterocycles. The van der Waals surface area contributed by atoms with Gasteiger partial charge in [0.1, 0.15) is 5.75 Å². The van der Waals surface area contributed by atoms with Gasteiger partial charge in [-0.05, 0) is 18.4 Å². The van der Waals surface area contributed by atoms with Gasteiger partial charge in [0.15, 0.2) is 0 Å². The topological polar surface area (TPSA) is 38.3 Å². The van der Waals surface area contributed by atoms with E-state index in [1.807, 2.05) is 6.92 Å². The van der Waals surface area contributed by atoms with Gasteiger partial charge >= 0.3 is 6.36 Å². The number of halogens is 3. The summed E-state index contributed by atoms with van der Waals surface area (Å²) in [5.41, 5.74) is 0.307. The third kappa shape index (κ3) is 3.87. The average molecular weight is 273 g/mol. The van der Waals surface area contributed by atoms with E-state index >= 15 is 0 Å². The van der Waals surface area contributed by atoms with Crippen LogP contribution in [0.2, 0.25) is 0 Å². The van der Waals surface area contributed by atoms with Crippen molar-refractivity contribution in [2.45, 2.75) is 26.3 Å². The predicted octanol–water partition coefficient (Wildman–Crippen LogP) is 2.86. The molecule has 104 valence electrons. The molecule has 0 spiro atoms. The first kappa shape index (κ1) is 13.7. The highest BCUT2D eigenvalue weighted by Crippen LogP contribution is 2.37. The lowest BCUT2D eigenvalue weighted by Gasteiger charge is -2.13. The molecule has 6 heteroatoms. The van der Waals surface area contributed by atoms with Crippen molar-refractivity contribution >= 4 is 5.91 Å². The van der Waals surface area contributed by atoms with E-state index in [4.69, 9.17) is 0 Å². The summed E-state index contributed by atoms with van der Waals surface area (Å²) < 4.78 is 40.5. The fraction of sp³-hybridized carbons (Fsp3) is 0.462. The third-order valence-corrected chi connectivity index (χ3v) is 3.10. The van der Waals surface area contributed by atoms with E-state index in [1.54, 1.807) is 6.07 Å². The summed E-state index contributed by atoms with van der Waals surface area (Å²) in [5.74, 6) is -0.0363. The number of hydrogen-bond donors (Lipinski definition) is 1. The Bertz CT molecular complexity index is 473. The number of nitrogens with one attached hydrogen (secondary N) is 1. The van der Waals surface area contributed by atoms with E-state index in [0.29, 0.717) is 11.5 Å². The maximum absolute atomic E-state index is 12.2. The molecule has 1 saturated carbocycles. The number of carbonyl (C=O) groups excluding carboxylic acids is 1. The van der Waals surface area contributed by atoms with Crippen molar-refractivity contribution in [3.05, 3.63) is 29.8 Å². The molecule has 0 bridgehead atoms. The highest BCUT2D eigenvalue weighted by Gasteiger charge is 2.39. The summed E-state index contributed by atoms with van der Waals surface area (Å²) in [6, 6.07) is 5.78. The SMILES string of the molecule is C[C@H]1C[C@@H]1C(=O)NCc1ccccc1OC(F)(F)F. The van der Waals surface area contributed by atoms with Crippen LogP contribution in [0.3, 0.4) is 0 Å². The number of alkyl halides is 3. The second kappa shape index (κ2) is 5.11. The second-order valence-electron chi connectivity index (χ2n) is 4.69. The minimum Gasteiger partial charge on any atom is -0.405 e. The van der Waals surface area contributed by atoms with Crippen molar-refractivity contribution in [3.8, 4) is 5.75 Å². The minimum atomic E-state index is -4.73. The van der Waals surface area contributed by atoms with Crippen LogP contribution in [0.1, 0.15) is 18.9 Å². The van der Waals surface area contributed by atoms with Gasteiger partial charge in [0.2, 0.25) is 5.91 Å². The molecule has 1 aromatic carbocycles. The monoisotopic (exact) mass is 273 g/mol. The van der Waals surface area contributed by atoms with Crippen molar-refractivity contribution < 1.29 is 22.7 Å². The van der Waals surface area contributed by atoms with Gasteiger partial charge in [0, 0.05) is 18.0 Å². The molecule has 19 heavy (non-hydrogen) atoms. The molecule has 0 saturated heterocycles. The molecule has 3 nitrogen and oxygen atoms in total. The van der Waals surface area contributed by atoms with E-state index in [2.05, 4.69) is 10.1 Å². The van der Waals surface area contributed by atoms with Gasteiger partial charge < -0.3 is 10.1 Å². The maximum Gasteiger partial charge on any atom is 0.573 e. The zero-order valence-electron chi connectivity index (χ0n) is 10.3. The Kier molecular flexibility index (Phi) is 3.68. The third-order valence-electron chi connectivity index (χ3n) is 3.10. The lowest BCUT2D eigenvalue weighted by molar-refractivity contribution is -0.274. The van der Waals surface area contributed by atoms with Crippen molar-refractivity contribution in [1.82, 2.24) is 5.32 Å². The number of ether oxygens (including phenoxy) is 1. The standard InChI is InChI=1S/C13H14F3NO2/c1-8-6-10(8)12(18)17-7-9-4-2-3-5-11(9)19-13(14,15)16/h2-5,8,10H,6-7H2,1H3,(H,17,18)/t8-,10-/m0/s1. The lowest BCUT2D eigenvalue weighted by atomic mass is 10.2. The molecule has 1 aromatic rings. The van der Waals surface area contributed by atoms with Crippen LogP contribution < -0.4 is 10.1 Å². The number of benzene rings is 1. The molecule has 2 atom stereocenters. The Balaban J connectivity index is 1.97. The van der Waals surface area contributed by atoms with Gasteiger partial charge in [-0.1, -0.05) is 25.1 Å². The fourth-order valence-electron chi connectivity index (χ4n) is 1.87. The van der Waals surface area contributed by atoms with Gasteiger partial charge in [-0.25, -0.2) is 0 Å². The van der Waals surface area contributed by atoms with Gasteiger partial charge in [-0.3, -0.25) is 4.79 Å². The van der Waals surface area contributed by atoms with E-state index < -0.39 is 6.36 Å². The fourth-order valence-corrected chi connectivity index (χ4v) is 1.87. The molecular weight excluding hydrogens is 259 g/mol. The van der Waals surface area contributed by atoms with Crippen molar-refractivity contribution in [1.29, 1.82) is 0 Å². The van der Waals surface area contributed by atoms with Crippen LogP contribution in [0, 0.1) is 11.8 Å². The number of amides is 1. The summed E-state index contributed by atoms with van der Waals surface area (Å²) in [6.07, 6.45) is -3.89. The van der Waals surface area contributed by atoms with Crippen LogP contribution in [0.4, 0.5) is 13.2 Å². The molecule has 1 aliphatic carbocycles. The number of rotatable bonds is 4. The van der Waals surface area contributed by atoms with Crippen molar-refractivity contribution in [3.63, 3.8) is 0 Å². The van der Waals surface area contributed by atoms with E-state index in [9.17, 15) is 18.0 Å². The summed E-state index contributed by atoms with van der Waals surface area (Å²) in [7, 11) is 0. The summed E-state index contributed by atoms with van der Waals surface area (Å²) in [4.78, 5) is 11.6. The predicted molar refractivity (Wildman–Crippen MR) is 62.2 cm³/mol. The normalized spacial score (nSPS) is 21.9. The Labute approximate surface area is 108 Å². The van der Waals surface area contributed by atoms with Crippen LogP contribution in [0.25, 0.3) is 0 Å². The maximum atomic E-state index is 12.2. The molecule has 0 heterocycles. The molecule has 2 rings (SSSR count). The minimum absolute atomic E-state index is 0.00398. The molecule has 0 radical (unpaired) electrons. The first-order valence-corrected chi connectivity index (χ1v) is 5.98. The van der Waals surface area contributed by atoms with Crippen LogP contribution in [-0.2, 0) is 11.3 Å². The van der Waals surface area contributed by atoms with Crippen LogP contribution in [-0.4, -0.2) is 12.3 Å². The van der Waals surface area contributed by atoms with Crippen LogP contribution >= 0.6 is 0 Å². The van der Waals surface area contributed by atoms with Crippen LogP contribution in [0.5, 0.6) is 5.75 Å². The molecule has 1 amide bonds. The van der Waals surface area contributed by atoms with Gasteiger partial charge in [0.05, 0.1) is 0 Å². The quantitative estimate of drug-likeness (QED) is 0.916. The number of hydrogen-bond acceptors (Lipinski definition) is 2. The number of para-hydroxylation sites is 1. The van der Waals surface area contributed by atoms with Crippen molar-refractivity contribution in [2.75, 3.05) is 0 Å². The highest BCUT2D eigenvalue weighted by molar-refractivity contribution is 5.81. The molecular formula is C13H14F3NO2. The Morgan fingerprint density at radius 3 is 2.63 bits per heavy atom. The van der Waals surface area contributed by atoms with E-state index in [0.717, 1.165) is 6.42 Å². The lowest BCUT2D eigenvalue weighted by Crippen LogP contribution is -2.26. The summed E-state index contributed by atoms with van der Waals surface area (Å²) in [5, 5.41) is 2.63. The van der Waals surface area contributed by atoms with Gasteiger partial charge in [-0.2, -0.15) is 0 Å². The number of carbonyl (C=O) groups is 1. The van der Waals surface area contributed by atoms with Gasteiger partial charge in [0.25, 0.3) is 0 Å². The highest BCUT2D eigenvalue weighted by atomic mass is 19.4. The summed E-state index contributed by atoms with van der Waals surface area (Å²) >= 11 is 0. The zero-order chi connectivity index (χ0) is 14.0. The molecule has 0 unspecified atom stereocenters.